The molecular formula is C13H16Cl2FNO3S. The van der Waals surface area contributed by atoms with Crippen molar-refractivity contribution in [2.45, 2.75) is 38.1 Å². The SMILES string of the molecule is CC(C)CC(C)NC(=O)c1cc(Cl)cc(S(=O)(=O)Cl)c1F. The summed E-state index contributed by atoms with van der Waals surface area (Å²) in [5, 5.41) is 2.51. The average Bonchev–Trinajstić information content (AvgIpc) is 2.28. The molecule has 0 aliphatic heterocycles. The van der Waals surface area contributed by atoms with Crippen LogP contribution in [0.2, 0.25) is 5.02 Å². The van der Waals surface area contributed by atoms with E-state index in [9.17, 15) is 17.6 Å². The summed E-state index contributed by atoms with van der Waals surface area (Å²) in [5.41, 5.74) is -0.447. The van der Waals surface area contributed by atoms with Crippen LogP contribution in [0.5, 0.6) is 0 Å². The van der Waals surface area contributed by atoms with Gasteiger partial charge in [-0.2, -0.15) is 0 Å². The molecule has 0 aliphatic rings. The van der Waals surface area contributed by atoms with Gasteiger partial charge in [-0.1, -0.05) is 25.4 Å². The molecule has 0 saturated carbocycles. The Morgan fingerprint density at radius 3 is 2.38 bits per heavy atom. The van der Waals surface area contributed by atoms with Gasteiger partial charge in [-0.25, -0.2) is 12.8 Å². The van der Waals surface area contributed by atoms with Gasteiger partial charge in [0.15, 0.2) is 5.82 Å². The molecule has 21 heavy (non-hydrogen) atoms. The van der Waals surface area contributed by atoms with E-state index in [0.29, 0.717) is 12.3 Å². The fraction of sp³-hybridized carbons (Fsp3) is 0.462. The highest BCUT2D eigenvalue weighted by molar-refractivity contribution is 8.13. The first kappa shape index (κ1) is 18.2. The van der Waals surface area contributed by atoms with Gasteiger partial charge in [-0.3, -0.25) is 4.79 Å². The summed E-state index contributed by atoms with van der Waals surface area (Å²) in [7, 11) is 0.802. The second-order valence-corrected chi connectivity index (χ2v) is 8.18. The van der Waals surface area contributed by atoms with Crippen LogP contribution < -0.4 is 5.32 Å². The average molecular weight is 356 g/mol. The van der Waals surface area contributed by atoms with Gasteiger partial charge in [0, 0.05) is 21.7 Å². The molecule has 0 fully saturated rings. The van der Waals surface area contributed by atoms with E-state index < -0.39 is 31.2 Å². The molecule has 0 heterocycles. The summed E-state index contributed by atoms with van der Waals surface area (Å²) in [4.78, 5) is 11.2. The van der Waals surface area contributed by atoms with E-state index in [4.69, 9.17) is 22.3 Å². The molecule has 1 aromatic carbocycles. The smallest absolute Gasteiger partial charge is 0.264 e. The minimum Gasteiger partial charge on any atom is -0.349 e. The first-order valence-corrected chi connectivity index (χ1v) is 8.95. The van der Waals surface area contributed by atoms with Gasteiger partial charge >= 0.3 is 0 Å². The van der Waals surface area contributed by atoms with E-state index in [-0.39, 0.29) is 11.1 Å². The molecule has 0 saturated heterocycles. The predicted molar refractivity (Wildman–Crippen MR) is 80.8 cm³/mol. The normalized spacial score (nSPS) is 13.3. The van der Waals surface area contributed by atoms with Crippen molar-refractivity contribution >= 4 is 37.2 Å². The highest BCUT2D eigenvalue weighted by Crippen LogP contribution is 2.26. The van der Waals surface area contributed by atoms with Crippen LogP contribution >= 0.6 is 22.3 Å². The molecule has 4 nitrogen and oxygen atoms in total. The number of nitrogens with one attached hydrogen (secondary N) is 1. The molecule has 0 aliphatic carbocycles. The Balaban J connectivity index is 3.14. The second-order valence-electron chi connectivity index (χ2n) is 5.21. The van der Waals surface area contributed by atoms with Gasteiger partial charge in [-0.15, -0.1) is 0 Å². The lowest BCUT2D eigenvalue weighted by atomic mass is 10.0. The van der Waals surface area contributed by atoms with Crippen molar-refractivity contribution in [3.05, 3.63) is 28.5 Å². The number of carbonyl (C=O) groups excluding carboxylic acids is 1. The maximum absolute atomic E-state index is 14.1. The van der Waals surface area contributed by atoms with Crippen LogP contribution in [0.3, 0.4) is 0 Å². The highest BCUT2D eigenvalue weighted by atomic mass is 35.7. The summed E-state index contributed by atoms with van der Waals surface area (Å²) in [6.45, 7) is 5.75. The van der Waals surface area contributed by atoms with Crippen LogP contribution in [0.25, 0.3) is 0 Å². The zero-order valence-corrected chi connectivity index (χ0v) is 14.1. The summed E-state index contributed by atoms with van der Waals surface area (Å²) in [6.07, 6.45) is 0.703. The molecule has 1 atom stereocenters. The molecule has 1 unspecified atom stereocenters. The maximum atomic E-state index is 14.1. The van der Waals surface area contributed by atoms with Crippen molar-refractivity contribution in [3.63, 3.8) is 0 Å². The summed E-state index contributed by atoms with van der Waals surface area (Å²) in [5.74, 6) is -1.59. The lowest BCUT2D eigenvalue weighted by Gasteiger charge is -2.16. The number of rotatable bonds is 5. The first-order valence-electron chi connectivity index (χ1n) is 6.27. The van der Waals surface area contributed by atoms with E-state index in [1.165, 1.54) is 0 Å². The number of hydrogen-bond donors (Lipinski definition) is 1. The molecule has 118 valence electrons. The molecule has 1 amide bonds. The van der Waals surface area contributed by atoms with Gasteiger partial charge in [0.25, 0.3) is 15.0 Å². The van der Waals surface area contributed by atoms with Gasteiger partial charge in [0.2, 0.25) is 0 Å². The molecule has 0 aromatic heterocycles. The van der Waals surface area contributed by atoms with Gasteiger partial charge in [-0.05, 0) is 31.4 Å². The molecule has 8 heteroatoms. The Morgan fingerprint density at radius 2 is 1.90 bits per heavy atom. The third-order valence-corrected chi connectivity index (χ3v) is 4.25. The Bertz CT molecular complexity index is 647. The maximum Gasteiger partial charge on any atom is 0.264 e. The van der Waals surface area contributed by atoms with Crippen molar-refractivity contribution in [1.29, 1.82) is 0 Å². The largest absolute Gasteiger partial charge is 0.349 e. The van der Waals surface area contributed by atoms with Crippen LogP contribution in [0.4, 0.5) is 4.39 Å². The zero-order chi connectivity index (χ0) is 16.4. The van der Waals surface area contributed by atoms with Crippen molar-refractivity contribution in [3.8, 4) is 0 Å². The number of carbonyl (C=O) groups is 1. The quantitative estimate of drug-likeness (QED) is 0.821. The fourth-order valence-electron chi connectivity index (χ4n) is 1.97. The molecule has 0 bridgehead atoms. The van der Waals surface area contributed by atoms with E-state index in [1.54, 1.807) is 6.92 Å². The van der Waals surface area contributed by atoms with Crippen molar-refractivity contribution in [1.82, 2.24) is 5.32 Å². The molecule has 1 aromatic rings. The first-order chi connectivity index (χ1) is 9.52. The van der Waals surface area contributed by atoms with Crippen LogP contribution in [0.15, 0.2) is 17.0 Å². The van der Waals surface area contributed by atoms with Gasteiger partial charge in [0.05, 0.1) is 5.56 Å². The Hall–Kier alpha value is -0.850. The highest BCUT2D eigenvalue weighted by Gasteiger charge is 2.24. The molecule has 1 rings (SSSR count). The van der Waals surface area contributed by atoms with Gasteiger partial charge in [0.1, 0.15) is 4.90 Å². The topological polar surface area (TPSA) is 63.2 Å². The minimum absolute atomic E-state index is 0.0858. The third-order valence-electron chi connectivity index (χ3n) is 2.71. The standard InChI is InChI=1S/C13H16Cl2FNO3S/c1-7(2)4-8(3)17-13(18)10-5-9(14)6-11(12(10)16)21(15,19)20/h5-8H,4H2,1-3H3,(H,17,18). The van der Waals surface area contributed by atoms with Crippen molar-refractivity contribution in [2.24, 2.45) is 5.92 Å². The Kier molecular flexibility index (Phi) is 6.01. The number of benzene rings is 1. The molecular weight excluding hydrogens is 340 g/mol. The molecule has 0 spiro atoms. The van der Waals surface area contributed by atoms with E-state index >= 15 is 0 Å². The Morgan fingerprint density at radius 1 is 1.33 bits per heavy atom. The van der Waals surface area contributed by atoms with Crippen LogP contribution in [-0.2, 0) is 9.05 Å². The molecule has 0 radical (unpaired) electrons. The third kappa shape index (κ3) is 5.13. The van der Waals surface area contributed by atoms with Crippen LogP contribution in [-0.4, -0.2) is 20.4 Å². The van der Waals surface area contributed by atoms with E-state index in [2.05, 4.69) is 5.32 Å². The second kappa shape index (κ2) is 6.94. The minimum atomic E-state index is -4.33. The summed E-state index contributed by atoms with van der Waals surface area (Å²) in [6, 6.07) is 1.75. The van der Waals surface area contributed by atoms with Crippen molar-refractivity contribution < 1.29 is 17.6 Å². The monoisotopic (exact) mass is 355 g/mol. The van der Waals surface area contributed by atoms with E-state index in [1.807, 2.05) is 13.8 Å². The Labute approximate surface area is 133 Å². The van der Waals surface area contributed by atoms with E-state index in [0.717, 1.165) is 12.1 Å². The number of hydrogen-bond acceptors (Lipinski definition) is 3. The fourth-order valence-corrected chi connectivity index (χ4v) is 3.19. The summed E-state index contributed by atoms with van der Waals surface area (Å²) >= 11 is 5.72. The summed E-state index contributed by atoms with van der Waals surface area (Å²) < 4.78 is 36.7. The van der Waals surface area contributed by atoms with Crippen LogP contribution in [0, 0.1) is 11.7 Å². The van der Waals surface area contributed by atoms with Crippen molar-refractivity contribution in [2.75, 3.05) is 0 Å². The van der Waals surface area contributed by atoms with Gasteiger partial charge < -0.3 is 5.32 Å². The lowest BCUT2D eigenvalue weighted by molar-refractivity contribution is 0.0931. The number of halogens is 3. The zero-order valence-electron chi connectivity index (χ0n) is 11.8. The molecule has 1 N–H and O–H groups in total. The lowest BCUT2D eigenvalue weighted by Crippen LogP contribution is -2.34. The predicted octanol–water partition coefficient (Wildman–Crippen LogP) is 3.57. The van der Waals surface area contributed by atoms with Crippen LogP contribution in [0.1, 0.15) is 37.6 Å². The number of amides is 1.